The molecule has 33 heavy (non-hydrogen) atoms. The predicted octanol–water partition coefficient (Wildman–Crippen LogP) is 6.80. The Morgan fingerprint density at radius 2 is 1.67 bits per heavy atom. The Labute approximate surface area is 199 Å². The first-order valence-electron chi connectivity index (χ1n) is 9.39. The van der Waals surface area contributed by atoms with Gasteiger partial charge in [-0.1, -0.05) is 24.3 Å². The van der Waals surface area contributed by atoms with Crippen LogP contribution >= 0.6 is 27.3 Å². The monoisotopic (exact) mass is 558 g/mol. The average Bonchev–Trinajstić information content (AvgIpc) is 3.09. The van der Waals surface area contributed by atoms with Gasteiger partial charge in [0.05, 0.1) is 21.5 Å². The van der Waals surface area contributed by atoms with E-state index < -0.39 is 34.1 Å². The molecule has 0 saturated carbocycles. The van der Waals surface area contributed by atoms with Crippen LogP contribution in [-0.2, 0) is 22.7 Å². The van der Waals surface area contributed by atoms with E-state index in [-0.39, 0.29) is 15.5 Å². The number of alkyl halides is 3. The molecule has 0 atom stereocenters. The fraction of sp³-hybridized carbons (Fsp3) is 0.0909. The van der Waals surface area contributed by atoms with Gasteiger partial charge >= 0.3 is 6.18 Å². The first kappa shape index (κ1) is 23.5. The fourth-order valence-electron chi connectivity index (χ4n) is 3.25. The molecule has 0 saturated heterocycles. The lowest BCUT2D eigenvalue weighted by Crippen LogP contribution is -2.30. The summed E-state index contributed by atoms with van der Waals surface area (Å²) in [7, 11) is -4.21. The molecule has 1 heterocycles. The van der Waals surface area contributed by atoms with Crippen LogP contribution in [0.1, 0.15) is 11.1 Å². The van der Waals surface area contributed by atoms with Crippen molar-refractivity contribution in [1.82, 2.24) is 0 Å². The summed E-state index contributed by atoms with van der Waals surface area (Å²) in [5.41, 5.74) is 4.55. The van der Waals surface area contributed by atoms with Crippen LogP contribution in [0.4, 0.5) is 28.3 Å². The third-order valence-electron chi connectivity index (χ3n) is 4.87. The maximum atomic E-state index is 13.8. The van der Waals surface area contributed by atoms with Gasteiger partial charge in [0.2, 0.25) is 0 Å². The van der Waals surface area contributed by atoms with Crippen LogP contribution in [0.15, 0.2) is 76.1 Å². The SMILES string of the molecule is Nc1ccc(S(=O)(=O)N(Cc2ccc(F)c(C(F)(F)F)c2)c2sc3ccccc3c2Br)cc1. The highest BCUT2D eigenvalue weighted by Gasteiger charge is 2.35. The molecule has 0 radical (unpaired) electrons. The minimum Gasteiger partial charge on any atom is -0.399 e. The van der Waals surface area contributed by atoms with Crippen LogP contribution in [0, 0.1) is 5.82 Å². The third kappa shape index (κ3) is 4.57. The molecule has 0 unspecified atom stereocenters. The smallest absolute Gasteiger partial charge is 0.399 e. The van der Waals surface area contributed by atoms with Gasteiger partial charge in [-0.3, -0.25) is 4.31 Å². The van der Waals surface area contributed by atoms with Crippen LogP contribution in [0.2, 0.25) is 0 Å². The van der Waals surface area contributed by atoms with Gasteiger partial charge in [0.1, 0.15) is 10.8 Å². The molecular weight excluding hydrogens is 544 g/mol. The molecule has 172 valence electrons. The van der Waals surface area contributed by atoms with Gasteiger partial charge in [-0.2, -0.15) is 13.2 Å². The van der Waals surface area contributed by atoms with E-state index in [0.717, 1.165) is 20.5 Å². The zero-order valence-electron chi connectivity index (χ0n) is 16.6. The number of nitrogen functional groups attached to an aromatic ring is 1. The van der Waals surface area contributed by atoms with E-state index in [2.05, 4.69) is 15.9 Å². The maximum absolute atomic E-state index is 13.8. The summed E-state index contributed by atoms with van der Waals surface area (Å²) in [5.74, 6) is -1.43. The maximum Gasteiger partial charge on any atom is 0.419 e. The Morgan fingerprint density at radius 1 is 1.00 bits per heavy atom. The molecule has 0 bridgehead atoms. The van der Waals surface area contributed by atoms with Crippen LogP contribution in [-0.4, -0.2) is 8.42 Å². The summed E-state index contributed by atoms with van der Waals surface area (Å²) in [5, 5.41) is 1.04. The second-order valence-corrected chi connectivity index (χ2v) is 10.8. The standard InChI is InChI=1S/C22H15BrF4N2O2S2/c23-20-16-3-1-2-4-19(16)32-21(20)29(33(30,31)15-8-6-14(28)7-9-15)12-13-5-10-18(24)17(11-13)22(25,26)27/h1-11H,12,28H2. The number of fused-ring (bicyclic) bond motifs is 1. The van der Waals surface area contributed by atoms with E-state index in [4.69, 9.17) is 5.73 Å². The second kappa shape index (κ2) is 8.62. The third-order valence-corrected chi connectivity index (χ3v) is 9.01. The summed E-state index contributed by atoms with van der Waals surface area (Å²) in [4.78, 5) is -0.0841. The number of hydrogen-bond acceptors (Lipinski definition) is 4. The van der Waals surface area contributed by atoms with Crippen LogP contribution in [0.3, 0.4) is 0 Å². The molecule has 0 fully saturated rings. The lowest BCUT2D eigenvalue weighted by Gasteiger charge is -2.24. The molecule has 4 aromatic rings. The molecule has 2 N–H and O–H groups in total. The molecule has 0 aliphatic rings. The highest BCUT2D eigenvalue weighted by Crippen LogP contribution is 2.44. The Balaban J connectivity index is 1.88. The largest absolute Gasteiger partial charge is 0.419 e. The normalized spacial score (nSPS) is 12.3. The van der Waals surface area contributed by atoms with Crippen molar-refractivity contribution in [3.05, 3.63) is 88.1 Å². The fourth-order valence-corrected chi connectivity index (χ4v) is 7.07. The van der Waals surface area contributed by atoms with Crippen molar-refractivity contribution in [2.45, 2.75) is 17.6 Å². The van der Waals surface area contributed by atoms with E-state index in [0.29, 0.717) is 22.3 Å². The summed E-state index contributed by atoms with van der Waals surface area (Å²) < 4.78 is 83.0. The van der Waals surface area contributed by atoms with Gasteiger partial charge in [-0.05, 0) is 64.0 Å². The lowest BCUT2D eigenvalue weighted by atomic mass is 10.1. The summed E-state index contributed by atoms with van der Waals surface area (Å²) in [6.45, 7) is -0.443. The number of rotatable bonds is 5. The summed E-state index contributed by atoms with van der Waals surface area (Å²) >= 11 is 4.61. The molecule has 0 spiro atoms. The lowest BCUT2D eigenvalue weighted by molar-refractivity contribution is -0.140. The molecule has 0 amide bonds. The number of nitrogens with zero attached hydrogens (tertiary/aromatic N) is 1. The first-order chi connectivity index (χ1) is 15.5. The number of anilines is 2. The Morgan fingerprint density at radius 3 is 2.30 bits per heavy atom. The number of thiophene rings is 1. The Kier molecular flexibility index (Phi) is 6.14. The number of halogens is 5. The molecule has 3 aromatic carbocycles. The summed E-state index contributed by atoms with van der Waals surface area (Å²) in [6, 6.07) is 15.1. The van der Waals surface area contributed by atoms with Crippen molar-refractivity contribution in [2.24, 2.45) is 0 Å². The predicted molar refractivity (Wildman–Crippen MR) is 125 cm³/mol. The highest BCUT2D eigenvalue weighted by atomic mass is 79.9. The number of benzene rings is 3. The second-order valence-electron chi connectivity index (χ2n) is 7.11. The zero-order valence-corrected chi connectivity index (χ0v) is 19.8. The summed E-state index contributed by atoms with van der Waals surface area (Å²) in [6.07, 6.45) is -4.92. The number of sulfonamides is 1. The zero-order chi connectivity index (χ0) is 24.0. The quantitative estimate of drug-likeness (QED) is 0.216. The van der Waals surface area contributed by atoms with Gasteiger partial charge < -0.3 is 5.73 Å². The molecule has 4 nitrogen and oxygen atoms in total. The van der Waals surface area contributed by atoms with Gasteiger partial charge in [0, 0.05) is 15.8 Å². The highest BCUT2D eigenvalue weighted by molar-refractivity contribution is 9.10. The van der Waals surface area contributed by atoms with Crippen molar-refractivity contribution < 1.29 is 26.0 Å². The first-order valence-corrected chi connectivity index (χ1v) is 12.4. The van der Waals surface area contributed by atoms with E-state index in [1.807, 2.05) is 6.07 Å². The molecule has 4 rings (SSSR count). The van der Waals surface area contributed by atoms with Crippen molar-refractivity contribution in [3.8, 4) is 0 Å². The van der Waals surface area contributed by atoms with Crippen molar-refractivity contribution >= 4 is 58.1 Å². The Bertz CT molecular complexity index is 1440. The van der Waals surface area contributed by atoms with E-state index in [9.17, 15) is 26.0 Å². The van der Waals surface area contributed by atoms with Crippen molar-refractivity contribution in [2.75, 3.05) is 10.0 Å². The number of nitrogens with two attached hydrogens (primary N) is 1. The topological polar surface area (TPSA) is 63.4 Å². The van der Waals surface area contributed by atoms with Gasteiger partial charge in [0.15, 0.2) is 0 Å². The van der Waals surface area contributed by atoms with Crippen LogP contribution in [0.5, 0.6) is 0 Å². The van der Waals surface area contributed by atoms with E-state index in [1.165, 1.54) is 35.6 Å². The molecule has 0 aliphatic carbocycles. The molecule has 1 aromatic heterocycles. The van der Waals surface area contributed by atoms with Gasteiger partial charge in [-0.25, -0.2) is 12.8 Å². The Hall–Kier alpha value is -2.63. The number of hydrogen-bond donors (Lipinski definition) is 1. The molecule has 11 heteroatoms. The molecule has 0 aliphatic heterocycles. The van der Waals surface area contributed by atoms with Crippen LogP contribution in [0.25, 0.3) is 10.1 Å². The van der Waals surface area contributed by atoms with Gasteiger partial charge in [-0.15, -0.1) is 11.3 Å². The minimum absolute atomic E-state index is 0.0212. The van der Waals surface area contributed by atoms with Crippen molar-refractivity contribution in [3.63, 3.8) is 0 Å². The average molecular weight is 559 g/mol. The van der Waals surface area contributed by atoms with E-state index in [1.54, 1.807) is 18.2 Å². The van der Waals surface area contributed by atoms with E-state index >= 15 is 0 Å². The van der Waals surface area contributed by atoms with Crippen LogP contribution < -0.4 is 10.0 Å². The van der Waals surface area contributed by atoms with Crippen molar-refractivity contribution in [1.29, 1.82) is 0 Å². The van der Waals surface area contributed by atoms with Gasteiger partial charge in [0.25, 0.3) is 10.0 Å². The minimum atomic E-state index is -4.92. The molecular formula is C22H15BrF4N2O2S2.